The number of amides is 1. The predicted molar refractivity (Wildman–Crippen MR) is 144 cm³/mol. The van der Waals surface area contributed by atoms with Crippen molar-refractivity contribution in [3.8, 4) is 23.0 Å². The van der Waals surface area contributed by atoms with Crippen LogP contribution in [-0.2, 0) is 17.6 Å². The van der Waals surface area contributed by atoms with E-state index in [1.54, 1.807) is 0 Å². The largest absolute Gasteiger partial charge is 0.438 e. The first-order valence-electron chi connectivity index (χ1n) is 12.3. The molecule has 0 saturated heterocycles. The highest BCUT2D eigenvalue weighted by Crippen LogP contribution is 2.41. The molecule has 6 heteroatoms. The lowest BCUT2D eigenvalue weighted by Crippen LogP contribution is -2.36. The zero-order valence-electron chi connectivity index (χ0n) is 20.5. The van der Waals surface area contributed by atoms with Crippen molar-refractivity contribution >= 4 is 23.4 Å². The van der Waals surface area contributed by atoms with E-state index in [4.69, 9.17) is 14.7 Å². The van der Waals surface area contributed by atoms with E-state index in [1.807, 2.05) is 41.3 Å². The molecule has 0 bridgehead atoms. The van der Waals surface area contributed by atoms with Gasteiger partial charge in [-0.1, -0.05) is 77.5 Å². The SMILES string of the molecule is Cc1ccc(-c2nc3c(c(SCC(=O)N4CCCc5ccccc54)n2)Cc2cc(C)ccc2O3)cc1. The standard InChI is InChI=1S/C30H27N3O2S/c1-19-9-12-22(13-10-19)28-31-29-24(17-23-16-20(2)11-14-26(23)35-29)30(32-28)36-18-27(34)33-15-5-7-21-6-3-4-8-25(21)33/h3-4,6,8-14,16H,5,7,15,17-18H2,1-2H3. The van der Waals surface area contributed by atoms with Gasteiger partial charge < -0.3 is 9.64 Å². The van der Waals surface area contributed by atoms with E-state index in [2.05, 4.69) is 44.2 Å². The molecule has 6 rings (SSSR count). The van der Waals surface area contributed by atoms with Gasteiger partial charge in [0.05, 0.1) is 11.3 Å². The van der Waals surface area contributed by atoms with Gasteiger partial charge in [-0.2, -0.15) is 4.98 Å². The molecule has 5 nitrogen and oxygen atoms in total. The quantitative estimate of drug-likeness (QED) is 0.210. The van der Waals surface area contributed by atoms with E-state index >= 15 is 0 Å². The third-order valence-corrected chi connectivity index (χ3v) is 7.78. The normalized spacial score (nSPS) is 13.9. The molecule has 0 spiro atoms. The first-order valence-corrected chi connectivity index (χ1v) is 13.3. The summed E-state index contributed by atoms with van der Waals surface area (Å²) >= 11 is 1.48. The molecular weight excluding hydrogens is 466 g/mol. The molecule has 0 N–H and O–H groups in total. The number of fused-ring (bicyclic) bond motifs is 3. The average Bonchev–Trinajstić information content (AvgIpc) is 2.90. The second kappa shape index (κ2) is 9.43. The maximum atomic E-state index is 13.4. The Balaban J connectivity index is 1.33. The molecule has 3 aromatic carbocycles. The van der Waals surface area contributed by atoms with Gasteiger partial charge in [0.1, 0.15) is 10.8 Å². The Labute approximate surface area is 215 Å². The fourth-order valence-electron chi connectivity index (χ4n) is 4.87. The summed E-state index contributed by atoms with van der Waals surface area (Å²) in [5.74, 6) is 2.44. The van der Waals surface area contributed by atoms with Crippen LogP contribution in [0.1, 0.15) is 34.2 Å². The molecule has 0 aliphatic carbocycles. The minimum Gasteiger partial charge on any atom is -0.438 e. The number of carbonyl (C=O) groups is 1. The van der Waals surface area contributed by atoms with Crippen molar-refractivity contribution in [1.82, 2.24) is 9.97 Å². The Bertz CT molecular complexity index is 1470. The van der Waals surface area contributed by atoms with Gasteiger partial charge in [0.15, 0.2) is 5.82 Å². The minimum absolute atomic E-state index is 0.101. The molecule has 0 unspecified atom stereocenters. The summed E-state index contributed by atoms with van der Waals surface area (Å²) < 4.78 is 6.27. The van der Waals surface area contributed by atoms with Crippen LogP contribution in [0, 0.1) is 13.8 Å². The number of aryl methyl sites for hydroxylation is 3. The van der Waals surface area contributed by atoms with Gasteiger partial charge in [0.2, 0.25) is 11.8 Å². The summed E-state index contributed by atoms with van der Waals surface area (Å²) in [7, 11) is 0. The van der Waals surface area contributed by atoms with Gasteiger partial charge >= 0.3 is 0 Å². The van der Waals surface area contributed by atoms with Crippen molar-refractivity contribution in [2.75, 3.05) is 17.2 Å². The van der Waals surface area contributed by atoms with Gasteiger partial charge in [-0.25, -0.2) is 4.98 Å². The van der Waals surface area contributed by atoms with Gasteiger partial charge in [0, 0.05) is 24.2 Å². The summed E-state index contributed by atoms with van der Waals surface area (Å²) in [6.07, 6.45) is 2.68. The summed E-state index contributed by atoms with van der Waals surface area (Å²) in [6, 6.07) is 22.6. The predicted octanol–water partition coefficient (Wildman–Crippen LogP) is 6.53. The van der Waals surface area contributed by atoms with Crippen LogP contribution in [0.4, 0.5) is 5.69 Å². The molecule has 180 valence electrons. The third kappa shape index (κ3) is 4.37. The lowest BCUT2D eigenvalue weighted by atomic mass is 10.0. The molecule has 1 aromatic heterocycles. The molecule has 0 atom stereocenters. The van der Waals surface area contributed by atoms with Crippen molar-refractivity contribution in [2.45, 2.75) is 38.1 Å². The number of hydrogen-bond acceptors (Lipinski definition) is 5. The number of hydrogen-bond donors (Lipinski definition) is 0. The molecular formula is C30H27N3O2S. The highest BCUT2D eigenvalue weighted by molar-refractivity contribution is 8.00. The Hall–Kier alpha value is -3.64. The Morgan fingerprint density at radius 2 is 1.78 bits per heavy atom. The van der Waals surface area contributed by atoms with Crippen LogP contribution in [0.5, 0.6) is 11.6 Å². The molecule has 36 heavy (non-hydrogen) atoms. The van der Waals surface area contributed by atoms with Crippen molar-refractivity contribution < 1.29 is 9.53 Å². The highest BCUT2D eigenvalue weighted by Gasteiger charge is 2.27. The minimum atomic E-state index is 0.101. The Kier molecular flexibility index (Phi) is 5.97. The van der Waals surface area contributed by atoms with E-state index in [9.17, 15) is 4.79 Å². The van der Waals surface area contributed by atoms with Crippen LogP contribution in [0.25, 0.3) is 11.4 Å². The molecule has 4 aromatic rings. The number of rotatable bonds is 4. The van der Waals surface area contributed by atoms with E-state index in [-0.39, 0.29) is 5.91 Å². The number of carbonyl (C=O) groups excluding carboxylic acids is 1. The van der Waals surface area contributed by atoms with Crippen LogP contribution in [0.15, 0.2) is 71.8 Å². The molecule has 2 aliphatic rings. The molecule has 3 heterocycles. The second-order valence-corrected chi connectivity index (χ2v) is 10.4. The van der Waals surface area contributed by atoms with Crippen molar-refractivity contribution in [2.24, 2.45) is 0 Å². The average molecular weight is 494 g/mol. The summed E-state index contributed by atoms with van der Waals surface area (Å²) in [4.78, 5) is 25.0. The Morgan fingerprint density at radius 3 is 2.64 bits per heavy atom. The smallest absolute Gasteiger partial charge is 0.237 e. The number of anilines is 1. The number of nitrogens with zero attached hydrogens (tertiary/aromatic N) is 3. The van der Waals surface area contributed by atoms with Gasteiger partial charge in [-0.3, -0.25) is 4.79 Å². The maximum Gasteiger partial charge on any atom is 0.237 e. The lowest BCUT2D eigenvalue weighted by Gasteiger charge is -2.29. The maximum absolute atomic E-state index is 13.4. The van der Waals surface area contributed by atoms with Crippen LogP contribution in [-0.4, -0.2) is 28.2 Å². The molecule has 1 amide bonds. The third-order valence-electron chi connectivity index (χ3n) is 6.77. The topological polar surface area (TPSA) is 55.3 Å². The number of benzene rings is 3. The summed E-state index contributed by atoms with van der Waals surface area (Å²) in [5.41, 5.74) is 7.63. The van der Waals surface area contributed by atoms with Crippen molar-refractivity contribution in [3.05, 3.63) is 94.5 Å². The zero-order chi connectivity index (χ0) is 24.6. The van der Waals surface area contributed by atoms with Crippen LogP contribution >= 0.6 is 11.8 Å². The zero-order valence-corrected chi connectivity index (χ0v) is 21.3. The van der Waals surface area contributed by atoms with Crippen molar-refractivity contribution in [1.29, 1.82) is 0 Å². The first-order chi connectivity index (χ1) is 17.5. The van der Waals surface area contributed by atoms with E-state index in [0.717, 1.165) is 52.5 Å². The van der Waals surface area contributed by atoms with Crippen LogP contribution in [0.3, 0.4) is 0 Å². The monoisotopic (exact) mass is 493 g/mol. The number of aromatic nitrogens is 2. The van der Waals surface area contributed by atoms with Crippen LogP contribution < -0.4 is 9.64 Å². The summed E-state index contributed by atoms with van der Waals surface area (Å²) in [5, 5.41) is 0.807. The lowest BCUT2D eigenvalue weighted by molar-refractivity contribution is -0.116. The number of para-hydroxylation sites is 1. The van der Waals surface area contributed by atoms with E-state index < -0.39 is 0 Å². The molecule has 0 fully saturated rings. The first kappa shape index (κ1) is 22.8. The van der Waals surface area contributed by atoms with E-state index in [0.29, 0.717) is 23.9 Å². The van der Waals surface area contributed by atoms with Gasteiger partial charge in [0.25, 0.3) is 0 Å². The van der Waals surface area contributed by atoms with E-state index in [1.165, 1.54) is 28.5 Å². The van der Waals surface area contributed by atoms with Gasteiger partial charge in [-0.05, 0) is 49.9 Å². The fourth-order valence-corrected chi connectivity index (χ4v) is 5.77. The number of ether oxygens (including phenoxy) is 1. The molecule has 2 aliphatic heterocycles. The fraction of sp³-hybridized carbons (Fsp3) is 0.233. The van der Waals surface area contributed by atoms with Crippen molar-refractivity contribution in [3.63, 3.8) is 0 Å². The summed E-state index contributed by atoms with van der Waals surface area (Å²) in [6.45, 7) is 4.89. The number of thioether (sulfide) groups is 1. The van der Waals surface area contributed by atoms with Gasteiger partial charge in [-0.15, -0.1) is 0 Å². The Morgan fingerprint density at radius 1 is 0.972 bits per heavy atom. The highest BCUT2D eigenvalue weighted by atomic mass is 32.2. The molecule has 0 saturated carbocycles. The molecule has 0 radical (unpaired) electrons. The van der Waals surface area contributed by atoms with Crippen LogP contribution in [0.2, 0.25) is 0 Å². The second-order valence-electron chi connectivity index (χ2n) is 9.46.